The molecule has 0 unspecified atom stereocenters. The van der Waals surface area contributed by atoms with Gasteiger partial charge in [0.15, 0.2) is 0 Å². The van der Waals surface area contributed by atoms with E-state index in [9.17, 15) is 13.6 Å². The second-order valence-corrected chi connectivity index (χ2v) is 6.62. The quantitative estimate of drug-likeness (QED) is 0.846. The molecule has 0 aliphatic carbocycles. The maximum Gasteiger partial charge on any atom is 0.223 e. The van der Waals surface area contributed by atoms with Crippen molar-refractivity contribution >= 4 is 5.91 Å². The molecule has 0 atom stereocenters. The van der Waals surface area contributed by atoms with Crippen molar-refractivity contribution in [2.75, 3.05) is 19.8 Å². The minimum atomic E-state index is -0.292. The first-order valence-corrected chi connectivity index (χ1v) is 9.00. The Labute approximate surface area is 152 Å². The second-order valence-electron chi connectivity index (χ2n) is 6.62. The van der Waals surface area contributed by atoms with Crippen LogP contribution in [0.15, 0.2) is 48.5 Å². The highest BCUT2D eigenvalue weighted by Crippen LogP contribution is 2.28. The van der Waals surface area contributed by atoms with Gasteiger partial charge in [0.1, 0.15) is 11.6 Å². The van der Waals surface area contributed by atoms with Gasteiger partial charge in [-0.25, -0.2) is 8.78 Å². The number of halogens is 2. The molecule has 1 amide bonds. The third kappa shape index (κ3) is 4.88. The van der Waals surface area contributed by atoms with Gasteiger partial charge in [-0.15, -0.1) is 0 Å². The zero-order valence-electron chi connectivity index (χ0n) is 14.6. The molecule has 3 rings (SSSR count). The van der Waals surface area contributed by atoms with Crippen LogP contribution in [0.3, 0.4) is 0 Å². The van der Waals surface area contributed by atoms with Crippen LogP contribution in [0.4, 0.5) is 8.78 Å². The Balaban J connectivity index is 1.66. The predicted octanol–water partition coefficient (Wildman–Crippen LogP) is 4.03. The zero-order chi connectivity index (χ0) is 18.4. The minimum Gasteiger partial charge on any atom is -0.381 e. The normalized spacial score (nSPS) is 15.2. The number of hydrogen-bond acceptors (Lipinski definition) is 2. The molecule has 1 fully saturated rings. The molecular formula is C21H23F2NO2. The molecule has 1 heterocycles. The molecule has 3 nitrogen and oxygen atoms in total. The molecule has 138 valence electrons. The summed E-state index contributed by atoms with van der Waals surface area (Å²) in [5, 5.41) is 3.00. The van der Waals surface area contributed by atoms with Crippen molar-refractivity contribution in [3.63, 3.8) is 0 Å². The predicted molar refractivity (Wildman–Crippen MR) is 95.8 cm³/mol. The van der Waals surface area contributed by atoms with E-state index in [1.165, 1.54) is 24.3 Å². The highest BCUT2D eigenvalue weighted by Gasteiger charge is 2.22. The second kappa shape index (κ2) is 8.90. The highest BCUT2D eigenvalue weighted by molar-refractivity contribution is 5.78. The number of ether oxygens (including phenoxy) is 1. The smallest absolute Gasteiger partial charge is 0.223 e. The third-order valence-electron chi connectivity index (χ3n) is 4.87. The summed E-state index contributed by atoms with van der Waals surface area (Å²) in [6, 6.07) is 12.7. The molecule has 2 aromatic rings. The van der Waals surface area contributed by atoms with Gasteiger partial charge in [-0.2, -0.15) is 0 Å². The Kier molecular flexibility index (Phi) is 6.34. The number of carbonyl (C=O) groups excluding carboxylic acids is 1. The Hall–Kier alpha value is -2.27. The van der Waals surface area contributed by atoms with Gasteiger partial charge in [0.2, 0.25) is 5.91 Å². The fourth-order valence-electron chi connectivity index (χ4n) is 3.36. The Bertz CT molecular complexity index is 664. The summed E-state index contributed by atoms with van der Waals surface area (Å²) in [7, 11) is 0. The van der Waals surface area contributed by atoms with Crippen LogP contribution in [0, 0.1) is 17.6 Å². The number of amides is 1. The first-order chi connectivity index (χ1) is 12.6. The van der Waals surface area contributed by atoms with Crippen molar-refractivity contribution in [2.45, 2.75) is 25.2 Å². The summed E-state index contributed by atoms with van der Waals surface area (Å²) in [4.78, 5) is 12.3. The van der Waals surface area contributed by atoms with Crippen LogP contribution in [-0.2, 0) is 9.53 Å². The van der Waals surface area contributed by atoms with E-state index in [4.69, 9.17) is 4.74 Å². The standard InChI is InChI=1S/C21H23F2NO2/c22-18-5-1-15(2-6-18)20(16-3-7-19(23)8-4-16)9-12-24-21(25)17-10-13-26-14-11-17/h1-8,17,20H,9-14H2,(H,24,25). The first kappa shape index (κ1) is 18.5. The van der Waals surface area contributed by atoms with E-state index in [1.807, 2.05) is 0 Å². The van der Waals surface area contributed by atoms with Crippen LogP contribution in [0.1, 0.15) is 36.3 Å². The fourth-order valence-corrected chi connectivity index (χ4v) is 3.36. The largest absolute Gasteiger partial charge is 0.381 e. The summed E-state index contributed by atoms with van der Waals surface area (Å²) in [5.41, 5.74) is 1.89. The van der Waals surface area contributed by atoms with Crippen molar-refractivity contribution in [2.24, 2.45) is 5.92 Å². The summed E-state index contributed by atoms with van der Waals surface area (Å²) in [6.07, 6.45) is 2.17. The van der Waals surface area contributed by atoms with E-state index >= 15 is 0 Å². The molecule has 1 N–H and O–H groups in total. The average molecular weight is 359 g/mol. The molecule has 1 aliphatic heterocycles. The lowest BCUT2D eigenvalue weighted by Gasteiger charge is -2.22. The molecule has 0 aromatic heterocycles. The summed E-state index contributed by atoms with van der Waals surface area (Å²) in [5.74, 6) is -0.547. The SMILES string of the molecule is O=C(NCCC(c1ccc(F)cc1)c1ccc(F)cc1)C1CCOCC1. The van der Waals surface area contributed by atoms with Crippen LogP contribution in [0.2, 0.25) is 0 Å². The molecule has 5 heteroatoms. The van der Waals surface area contributed by atoms with Gasteiger partial charge >= 0.3 is 0 Å². The van der Waals surface area contributed by atoms with Crippen molar-refractivity contribution in [1.82, 2.24) is 5.32 Å². The molecule has 1 aliphatic rings. The summed E-state index contributed by atoms with van der Waals surface area (Å²) in [6.45, 7) is 1.77. The number of nitrogens with one attached hydrogen (secondary N) is 1. The number of rotatable bonds is 6. The van der Waals surface area contributed by atoms with E-state index in [0.717, 1.165) is 24.0 Å². The van der Waals surface area contributed by atoms with Gasteiger partial charge in [-0.3, -0.25) is 4.79 Å². The molecule has 0 spiro atoms. The molecule has 2 aromatic carbocycles. The van der Waals surface area contributed by atoms with Crippen molar-refractivity contribution in [1.29, 1.82) is 0 Å². The van der Waals surface area contributed by atoms with E-state index in [-0.39, 0.29) is 29.4 Å². The Morgan fingerprint density at radius 3 is 1.96 bits per heavy atom. The van der Waals surface area contributed by atoms with Gasteiger partial charge in [0.25, 0.3) is 0 Å². The van der Waals surface area contributed by atoms with Gasteiger partial charge in [-0.1, -0.05) is 24.3 Å². The van der Waals surface area contributed by atoms with Crippen LogP contribution < -0.4 is 5.32 Å². The molecular weight excluding hydrogens is 336 g/mol. The first-order valence-electron chi connectivity index (χ1n) is 9.00. The summed E-state index contributed by atoms with van der Waals surface area (Å²) < 4.78 is 31.8. The maximum atomic E-state index is 13.3. The molecule has 0 saturated carbocycles. The van der Waals surface area contributed by atoms with Crippen LogP contribution in [-0.4, -0.2) is 25.7 Å². The van der Waals surface area contributed by atoms with E-state index in [2.05, 4.69) is 5.32 Å². The van der Waals surface area contributed by atoms with Gasteiger partial charge in [0.05, 0.1) is 0 Å². The van der Waals surface area contributed by atoms with Gasteiger partial charge in [-0.05, 0) is 54.7 Å². The third-order valence-corrected chi connectivity index (χ3v) is 4.87. The lowest BCUT2D eigenvalue weighted by Crippen LogP contribution is -2.35. The van der Waals surface area contributed by atoms with Crippen molar-refractivity contribution in [3.05, 3.63) is 71.3 Å². The average Bonchev–Trinajstić information content (AvgIpc) is 2.68. The highest BCUT2D eigenvalue weighted by atomic mass is 19.1. The number of hydrogen-bond donors (Lipinski definition) is 1. The van der Waals surface area contributed by atoms with Crippen molar-refractivity contribution < 1.29 is 18.3 Å². The van der Waals surface area contributed by atoms with Crippen molar-refractivity contribution in [3.8, 4) is 0 Å². The fraction of sp³-hybridized carbons (Fsp3) is 0.381. The van der Waals surface area contributed by atoms with Gasteiger partial charge < -0.3 is 10.1 Å². The monoisotopic (exact) mass is 359 g/mol. The molecule has 1 saturated heterocycles. The number of carbonyl (C=O) groups is 1. The number of benzene rings is 2. The van der Waals surface area contributed by atoms with Crippen LogP contribution >= 0.6 is 0 Å². The van der Waals surface area contributed by atoms with E-state index in [0.29, 0.717) is 26.2 Å². The van der Waals surface area contributed by atoms with E-state index in [1.54, 1.807) is 24.3 Å². The maximum absolute atomic E-state index is 13.3. The Morgan fingerprint density at radius 2 is 1.46 bits per heavy atom. The topological polar surface area (TPSA) is 38.3 Å². The molecule has 0 radical (unpaired) electrons. The van der Waals surface area contributed by atoms with E-state index < -0.39 is 0 Å². The lowest BCUT2D eigenvalue weighted by atomic mass is 9.88. The molecule has 26 heavy (non-hydrogen) atoms. The lowest BCUT2D eigenvalue weighted by molar-refractivity contribution is -0.127. The zero-order valence-corrected chi connectivity index (χ0v) is 14.6. The van der Waals surface area contributed by atoms with Crippen LogP contribution in [0.25, 0.3) is 0 Å². The minimum absolute atomic E-state index is 0.0128. The molecule has 0 bridgehead atoms. The summed E-state index contributed by atoms with van der Waals surface area (Å²) >= 11 is 0. The Morgan fingerprint density at radius 1 is 0.962 bits per heavy atom. The van der Waals surface area contributed by atoms with Crippen LogP contribution in [0.5, 0.6) is 0 Å². The van der Waals surface area contributed by atoms with Gasteiger partial charge in [0, 0.05) is 31.6 Å².